The van der Waals surface area contributed by atoms with Crippen LogP contribution in [-0.4, -0.2) is 55.4 Å². The molecule has 1 aromatic carbocycles. The molecule has 0 saturated carbocycles. The van der Waals surface area contributed by atoms with Gasteiger partial charge in [0, 0.05) is 44.8 Å². The minimum atomic E-state index is -3.46. The van der Waals surface area contributed by atoms with Crippen molar-refractivity contribution in [2.75, 3.05) is 32.8 Å². The van der Waals surface area contributed by atoms with Crippen molar-refractivity contribution in [1.82, 2.24) is 14.2 Å². The van der Waals surface area contributed by atoms with Gasteiger partial charge in [0.2, 0.25) is 10.0 Å². The maximum absolute atomic E-state index is 13.0. The van der Waals surface area contributed by atoms with Gasteiger partial charge in [-0.3, -0.25) is 9.88 Å². The molecule has 6 nitrogen and oxygen atoms in total. The van der Waals surface area contributed by atoms with E-state index < -0.39 is 10.0 Å². The topological polar surface area (TPSA) is 62.7 Å². The predicted octanol–water partition coefficient (Wildman–Crippen LogP) is 2.08. The van der Waals surface area contributed by atoms with Crippen LogP contribution in [0.5, 0.6) is 5.75 Å². The summed E-state index contributed by atoms with van der Waals surface area (Å²) in [5.41, 5.74) is 2.00. The van der Waals surface area contributed by atoms with Crippen LogP contribution in [0.1, 0.15) is 24.2 Å². The molecule has 1 aromatic heterocycles. The molecule has 1 atom stereocenters. The SMILES string of the molecule is CC(c1ccccn1)N1CCN(S(=O)(=O)c2ccc3c(c2)CCO3)CC1. The van der Waals surface area contributed by atoms with Crippen molar-refractivity contribution in [3.63, 3.8) is 0 Å². The lowest BCUT2D eigenvalue weighted by Crippen LogP contribution is -2.49. The number of nitrogens with zero attached hydrogens (tertiary/aromatic N) is 3. The Kier molecular flexibility index (Phi) is 4.69. The van der Waals surface area contributed by atoms with Crippen LogP contribution in [-0.2, 0) is 16.4 Å². The highest BCUT2D eigenvalue weighted by molar-refractivity contribution is 7.89. The smallest absolute Gasteiger partial charge is 0.243 e. The third kappa shape index (κ3) is 3.22. The van der Waals surface area contributed by atoms with Crippen LogP contribution < -0.4 is 4.74 Å². The molecular weight excluding hydrogens is 350 g/mol. The van der Waals surface area contributed by atoms with Gasteiger partial charge in [0.1, 0.15) is 5.75 Å². The second kappa shape index (κ2) is 6.98. The molecule has 2 aromatic rings. The highest BCUT2D eigenvalue weighted by Crippen LogP contribution is 2.29. The fourth-order valence-corrected chi connectivity index (χ4v) is 5.09. The van der Waals surface area contributed by atoms with Crippen molar-refractivity contribution in [3.8, 4) is 5.75 Å². The van der Waals surface area contributed by atoms with Crippen LogP contribution in [0.2, 0.25) is 0 Å². The van der Waals surface area contributed by atoms with E-state index >= 15 is 0 Å². The number of benzene rings is 1. The van der Waals surface area contributed by atoms with Gasteiger partial charge in [0.25, 0.3) is 0 Å². The van der Waals surface area contributed by atoms with Crippen molar-refractivity contribution in [3.05, 3.63) is 53.9 Å². The second-order valence-corrected chi connectivity index (χ2v) is 8.68. The van der Waals surface area contributed by atoms with Gasteiger partial charge in [-0.2, -0.15) is 4.31 Å². The largest absolute Gasteiger partial charge is 0.493 e. The number of pyridine rings is 1. The van der Waals surface area contributed by atoms with Crippen LogP contribution in [0, 0.1) is 0 Å². The summed E-state index contributed by atoms with van der Waals surface area (Å²) in [6.45, 7) is 5.13. The first-order chi connectivity index (χ1) is 12.6. The van der Waals surface area contributed by atoms with Gasteiger partial charge in [0.05, 0.1) is 17.2 Å². The molecule has 0 bridgehead atoms. The average Bonchev–Trinajstić information content (AvgIpc) is 3.16. The Bertz CT molecular complexity index is 878. The lowest BCUT2D eigenvalue weighted by atomic mass is 10.1. The van der Waals surface area contributed by atoms with E-state index in [4.69, 9.17) is 4.74 Å². The Morgan fingerprint density at radius 2 is 1.92 bits per heavy atom. The quantitative estimate of drug-likeness (QED) is 0.821. The third-order valence-electron chi connectivity index (χ3n) is 5.24. The Morgan fingerprint density at radius 1 is 1.12 bits per heavy atom. The van der Waals surface area contributed by atoms with Gasteiger partial charge in [-0.1, -0.05) is 6.07 Å². The summed E-state index contributed by atoms with van der Waals surface area (Å²) in [7, 11) is -3.46. The van der Waals surface area contributed by atoms with E-state index in [-0.39, 0.29) is 6.04 Å². The fourth-order valence-electron chi connectivity index (χ4n) is 3.61. The molecule has 7 heteroatoms. The summed E-state index contributed by atoms with van der Waals surface area (Å²) in [4.78, 5) is 7.07. The van der Waals surface area contributed by atoms with Gasteiger partial charge in [-0.05, 0) is 42.8 Å². The van der Waals surface area contributed by atoms with Gasteiger partial charge in [-0.15, -0.1) is 0 Å². The molecule has 2 aliphatic rings. The lowest BCUT2D eigenvalue weighted by molar-refractivity contribution is 0.143. The van der Waals surface area contributed by atoms with E-state index in [0.717, 1.165) is 23.4 Å². The van der Waals surface area contributed by atoms with Crippen LogP contribution in [0.3, 0.4) is 0 Å². The first-order valence-electron chi connectivity index (χ1n) is 8.96. The molecule has 0 N–H and O–H groups in total. The van der Waals surface area contributed by atoms with E-state index in [1.807, 2.05) is 18.2 Å². The maximum atomic E-state index is 13.0. The molecule has 0 aliphatic carbocycles. The third-order valence-corrected chi connectivity index (χ3v) is 7.13. The molecule has 3 heterocycles. The molecule has 1 unspecified atom stereocenters. The number of hydrogen-bond acceptors (Lipinski definition) is 5. The van der Waals surface area contributed by atoms with Crippen molar-refractivity contribution in [2.45, 2.75) is 24.3 Å². The number of piperazine rings is 1. The predicted molar refractivity (Wildman–Crippen MR) is 98.6 cm³/mol. The highest BCUT2D eigenvalue weighted by Gasteiger charge is 2.31. The molecule has 1 saturated heterocycles. The first kappa shape index (κ1) is 17.5. The zero-order valence-electron chi connectivity index (χ0n) is 14.8. The normalized spacial score (nSPS) is 19.7. The standard InChI is InChI=1S/C19H23N3O3S/c1-15(18-4-2-3-8-20-18)21-9-11-22(12-10-21)26(23,24)17-5-6-19-16(14-17)7-13-25-19/h2-6,8,14-15H,7,9-13H2,1H3. The number of rotatable bonds is 4. The van der Waals surface area contributed by atoms with Crippen LogP contribution in [0.25, 0.3) is 0 Å². The molecule has 0 radical (unpaired) electrons. The van der Waals surface area contributed by atoms with Crippen LogP contribution in [0.4, 0.5) is 0 Å². The van der Waals surface area contributed by atoms with Crippen molar-refractivity contribution in [1.29, 1.82) is 0 Å². The van der Waals surface area contributed by atoms with E-state index in [1.165, 1.54) is 0 Å². The van der Waals surface area contributed by atoms with E-state index in [1.54, 1.807) is 28.7 Å². The summed E-state index contributed by atoms with van der Waals surface area (Å²) < 4.78 is 33.0. The molecule has 0 spiro atoms. The minimum absolute atomic E-state index is 0.179. The molecule has 1 fully saturated rings. The lowest BCUT2D eigenvalue weighted by Gasteiger charge is -2.37. The Labute approximate surface area is 154 Å². The Morgan fingerprint density at radius 3 is 2.65 bits per heavy atom. The van der Waals surface area contributed by atoms with E-state index in [2.05, 4.69) is 16.8 Å². The number of hydrogen-bond donors (Lipinski definition) is 0. The molecular formula is C19H23N3O3S. The highest BCUT2D eigenvalue weighted by atomic mass is 32.2. The Balaban J connectivity index is 1.45. The maximum Gasteiger partial charge on any atom is 0.243 e. The number of sulfonamides is 1. The van der Waals surface area contributed by atoms with Crippen LogP contribution in [0.15, 0.2) is 47.5 Å². The summed E-state index contributed by atoms with van der Waals surface area (Å²) >= 11 is 0. The monoisotopic (exact) mass is 373 g/mol. The summed E-state index contributed by atoms with van der Waals surface area (Å²) in [5.74, 6) is 0.804. The summed E-state index contributed by atoms with van der Waals surface area (Å²) in [5, 5.41) is 0. The average molecular weight is 373 g/mol. The molecule has 26 heavy (non-hydrogen) atoms. The summed E-state index contributed by atoms with van der Waals surface area (Å²) in [6.07, 6.45) is 2.57. The number of ether oxygens (including phenoxy) is 1. The minimum Gasteiger partial charge on any atom is -0.493 e. The van der Waals surface area contributed by atoms with Crippen molar-refractivity contribution >= 4 is 10.0 Å². The number of aromatic nitrogens is 1. The van der Waals surface area contributed by atoms with E-state index in [9.17, 15) is 8.42 Å². The first-order valence-corrected chi connectivity index (χ1v) is 10.4. The second-order valence-electron chi connectivity index (χ2n) is 6.74. The zero-order chi connectivity index (χ0) is 18.1. The van der Waals surface area contributed by atoms with Crippen molar-refractivity contribution in [2.24, 2.45) is 0 Å². The molecule has 138 valence electrons. The molecule has 0 amide bonds. The summed E-state index contributed by atoms with van der Waals surface area (Å²) in [6, 6.07) is 11.3. The van der Waals surface area contributed by atoms with Crippen molar-refractivity contribution < 1.29 is 13.2 Å². The van der Waals surface area contributed by atoms with E-state index in [0.29, 0.717) is 37.7 Å². The molecule has 2 aliphatic heterocycles. The fraction of sp³-hybridized carbons (Fsp3) is 0.421. The van der Waals surface area contributed by atoms with Gasteiger partial charge < -0.3 is 4.74 Å². The zero-order valence-corrected chi connectivity index (χ0v) is 15.7. The van der Waals surface area contributed by atoms with Gasteiger partial charge >= 0.3 is 0 Å². The molecule has 4 rings (SSSR count). The van der Waals surface area contributed by atoms with Gasteiger partial charge in [-0.25, -0.2) is 8.42 Å². The number of fused-ring (bicyclic) bond motifs is 1. The Hall–Kier alpha value is -1.96. The van der Waals surface area contributed by atoms with Gasteiger partial charge in [0.15, 0.2) is 0 Å². The van der Waals surface area contributed by atoms with Crippen LogP contribution >= 0.6 is 0 Å².